The normalized spacial score (nSPS) is 22.3. The molecule has 2 heterocycles. The first-order valence-corrected chi connectivity index (χ1v) is 8.56. The van der Waals surface area contributed by atoms with Gasteiger partial charge in [0.1, 0.15) is 0 Å². The maximum atomic E-state index is 12.3. The Balaban J connectivity index is 1.47. The molecule has 1 amide bonds. The number of amides is 1. The van der Waals surface area contributed by atoms with Crippen molar-refractivity contribution in [2.24, 2.45) is 11.8 Å². The van der Waals surface area contributed by atoms with Crippen molar-refractivity contribution < 1.29 is 4.79 Å². The van der Waals surface area contributed by atoms with Crippen LogP contribution in [0.15, 0.2) is 24.4 Å². The molecular weight excluding hydrogens is 288 g/mol. The van der Waals surface area contributed by atoms with Gasteiger partial charge < -0.3 is 10.2 Å². The fraction of sp³-hybridized carbons (Fsp3) is 0.556. The second-order valence-electron chi connectivity index (χ2n) is 6.95. The van der Waals surface area contributed by atoms with Crippen LogP contribution in [0.4, 0.5) is 0 Å². The highest BCUT2D eigenvalue weighted by Crippen LogP contribution is 2.20. The molecular formula is C18H26N4O. The van der Waals surface area contributed by atoms with Crippen LogP contribution >= 0.6 is 0 Å². The number of likely N-dealkylation sites (tertiary alicyclic amines) is 1. The van der Waals surface area contributed by atoms with E-state index in [1.54, 1.807) is 6.20 Å². The molecule has 3 rings (SSSR count). The van der Waals surface area contributed by atoms with Crippen molar-refractivity contribution in [2.75, 3.05) is 26.2 Å². The molecule has 1 saturated heterocycles. The summed E-state index contributed by atoms with van der Waals surface area (Å²) in [4.78, 5) is 14.9. The van der Waals surface area contributed by atoms with Gasteiger partial charge in [0.25, 0.3) is 5.91 Å². The minimum Gasteiger partial charge on any atom is -0.352 e. The third-order valence-corrected chi connectivity index (χ3v) is 4.61. The first-order valence-electron chi connectivity index (χ1n) is 8.56. The van der Waals surface area contributed by atoms with E-state index in [2.05, 4.69) is 34.3 Å². The summed E-state index contributed by atoms with van der Waals surface area (Å²) in [5.74, 6) is 1.55. The standard InChI is InChI=1S/C18H26N4O/c1-13-9-14(2)12-22(11-13)8-4-7-19-18(23)15-5-3-6-17-16(15)10-20-21-17/h3,5-6,10,13-14H,4,7-9,11-12H2,1-2H3,(H,19,23)(H,20,21)/t13-,14+. The molecule has 2 atom stereocenters. The van der Waals surface area contributed by atoms with E-state index in [0.717, 1.165) is 35.7 Å². The van der Waals surface area contributed by atoms with Gasteiger partial charge in [-0.3, -0.25) is 9.89 Å². The van der Waals surface area contributed by atoms with Crippen LogP contribution < -0.4 is 5.32 Å². The number of benzene rings is 1. The number of hydrogen-bond donors (Lipinski definition) is 2. The molecule has 0 aliphatic carbocycles. The average Bonchev–Trinajstić information content (AvgIpc) is 2.99. The molecule has 2 N–H and O–H groups in total. The van der Waals surface area contributed by atoms with Crippen LogP contribution in [0.25, 0.3) is 10.9 Å². The van der Waals surface area contributed by atoms with Gasteiger partial charge in [0, 0.05) is 25.0 Å². The van der Waals surface area contributed by atoms with Crippen molar-refractivity contribution in [2.45, 2.75) is 26.7 Å². The molecule has 1 aromatic carbocycles. The van der Waals surface area contributed by atoms with Gasteiger partial charge in [0.15, 0.2) is 0 Å². The summed E-state index contributed by atoms with van der Waals surface area (Å²) in [6, 6.07) is 5.66. The van der Waals surface area contributed by atoms with Gasteiger partial charge in [-0.2, -0.15) is 5.10 Å². The Bertz CT molecular complexity index is 656. The molecule has 1 aromatic heterocycles. The molecule has 0 radical (unpaired) electrons. The zero-order valence-corrected chi connectivity index (χ0v) is 14.0. The summed E-state index contributed by atoms with van der Waals surface area (Å²) in [5, 5.41) is 10.8. The third kappa shape index (κ3) is 3.91. The largest absolute Gasteiger partial charge is 0.352 e. The molecule has 5 nitrogen and oxygen atoms in total. The summed E-state index contributed by atoms with van der Waals surface area (Å²) in [7, 11) is 0. The topological polar surface area (TPSA) is 61.0 Å². The van der Waals surface area contributed by atoms with E-state index in [-0.39, 0.29) is 5.91 Å². The maximum absolute atomic E-state index is 12.3. The van der Waals surface area contributed by atoms with E-state index < -0.39 is 0 Å². The van der Waals surface area contributed by atoms with Crippen LogP contribution in [-0.4, -0.2) is 47.2 Å². The molecule has 5 heteroatoms. The molecule has 1 aliphatic heterocycles. The highest BCUT2D eigenvalue weighted by molar-refractivity contribution is 6.05. The summed E-state index contributed by atoms with van der Waals surface area (Å²) in [6.07, 6.45) is 4.04. The van der Waals surface area contributed by atoms with Gasteiger partial charge in [-0.1, -0.05) is 19.9 Å². The van der Waals surface area contributed by atoms with E-state index in [9.17, 15) is 4.79 Å². The minimum absolute atomic E-state index is 0.0163. The molecule has 124 valence electrons. The Kier molecular flexibility index (Phi) is 4.96. The van der Waals surface area contributed by atoms with E-state index in [0.29, 0.717) is 12.1 Å². The number of hydrogen-bond acceptors (Lipinski definition) is 3. The Morgan fingerprint density at radius 1 is 1.35 bits per heavy atom. The lowest BCUT2D eigenvalue weighted by molar-refractivity contribution is 0.0949. The molecule has 0 spiro atoms. The van der Waals surface area contributed by atoms with Crippen molar-refractivity contribution in [3.05, 3.63) is 30.0 Å². The Labute approximate surface area is 137 Å². The average molecular weight is 314 g/mol. The van der Waals surface area contributed by atoms with Crippen molar-refractivity contribution in [3.63, 3.8) is 0 Å². The lowest BCUT2D eigenvalue weighted by Crippen LogP contribution is -2.40. The molecule has 2 aromatic rings. The van der Waals surface area contributed by atoms with E-state index in [4.69, 9.17) is 0 Å². The van der Waals surface area contributed by atoms with Gasteiger partial charge in [-0.15, -0.1) is 0 Å². The maximum Gasteiger partial charge on any atom is 0.252 e. The fourth-order valence-electron chi connectivity index (χ4n) is 3.74. The predicted molar refractivity (Wildman–Crippen MR) is 92.4 cm³/mol. The number of fused-ring (bicyclic) bond motifs is 1. The van der Waals surface area contributed by atoms with Crippen molar-refractivity contribution in [1.29, 1.82) is 0 Å². The van der Waals surface area contributed by atoms with E-state index in [1.807, 2.05) is 18.2 Å². The minimum atomic E-state index is -0.0163. The monoisotopic (exact) mass is 314 g/mol. The van der Waals surface area contributed by atoms with Crippen LogP contribution in [-0.2, 0) is 0 Å². The summed E-state index contributed by atoms with van der Waals surface area (Å²) >= 11 is 0. The first kappa shape index (κ1) is 16.0. The number of piperidine rings is 1. The number of nitrogens with zero attached hydrogens (tertiary/aromatic N) is 2. The molecule has 1 fully saturated rings. The second kappa shape index (κ2) is 7.13. The quantitative estimate of drug-likeness (QED) is 0.834. The van der Waals surface area contributed by atoms with Crippen molar-refractivity contribution in [3.8, 4) is 0 Å². The van der Waals surface area contributed by atoms with Gasteiger partial charge in [0.2, 0.25) is 0 Å². The highest BCUT2D eigenvalue weighted by atomic mass is 16.1. The number of rotatable bonds is 5. The first-order chi connectivity index (χ1) is 11.1. The Hall–Kier alpha value is -1.88. The van der Waals surface area contributed by atoms with Crippen molar-refractivity contribution >= 4 is 16.8 Å². The lowest BCUT2D eigenvalue weighted by Gasteiger charge is -2.34. The SMILES string of the molecule is C[C@@H]1C[C@H](C)CN(CCCNC(=O)c2cccc3[nH]ncc23)C1. The summed E-state index contributed by atoms with van der Waals surface area (Å²) < 4.78 is 0. The zero-order valence-electron chi connectivity index (χ0n) is 14.0. The predicted octanol–water partition coefficient (Wildman–Crippen LogP) is 2.66. The van der Waals surface area contributed by atoms with Crippen molar-refractivity contribution in [1.82, 2.24) is 20.4 Å². The number of H-pyrrole nitrogens is 1. The third-order valence-electron chi connectivity index (χ3n) is 4.61. The number of carbonyl (C=O) groups excluding carboxylic acids is 1. The molecule has 1 aliphatic rings. The van der Waals surface area contributed by atoms with Gasteiger partial charge in [-0.05, 0) is 43.4 Å². The van der Waals surface area contributed by atoms with Gasteiger partial charge in [0.05, 0.1) is 17.3 Å². The van der Waals surface area contributed by atoms with Crippen LogP contribution in [0.2, 0.25) is 0 Å². The van der Waals surface area contributed by atoms with E-state index in [1.165, 1.54) is 19.5 Å². The zero-order chi connectivity index (χ0) is 16.2. The fourth-order valence-corrected chi connectivity index (χ4v) is 3.74. The Morgan fingerprint density at radius 2 is 2.13 bits per heavy atom. The molecule has 0 unspecified atom stereocenters. The van der Waals surface area contributed by atoms with Crippen LogP contribution in [0.3, 0.4) is 0 Å². The molecule has 0 saturated carbocycles. The number of aromatic amines is 1. The van der Waals surface area contributed by atoms with Crippen LogP contribution in [0, 0.1) is 11.8 Å². The second-order valence-corrected chi connectivity index (χ2v) is 6.95. The van der Waals surface area contributed by atoms with E-state index >= 15 is 0 Å². The summed E-state index contributed by atoms with van der Waals surface area (Å²) in [5.41, 5.74) is 1.59. The number of aromatic nitrogens is 2. The lowest BCUT2D eigenvalue weighted by atomic mass is 9.92. The number of nitrogens with one attached hydrogen (secondary N) is 2. The Morgan fingerprint density at radius 3 is 2.91 bits per heavy atom. The van der Waals surface area contributed by atoms with Crippen LogP contribution in [0.1, 0.15) is 37.0 Å². The van der Waals surface area contributed by atoms with Gasteiger partial charge in [-0.25, -0.2) is 0 Å². The summed E-state index contributed by atoms with van der Waals surface area (Å²) in [6.45, 7) is 8.81. The number of carbonyl (C=O) groups is 1. The molecule has 0 bridgehead atoms. The highest BCUT2D eigenvalue weighted by Gasteiger charge is 2.21. The smallest absolute Gasteiger partial charge is 0.252 e. The van der Waals surface area contributed by atoms with Crippen LogP contribution in [0.5, 0.6) is 0 Å². The van der Waals surface area contributed by atoms with Gasteiger partial charge >= 0.3 is 0 Å². The molecule has 23 heavy (non-hydrogen) atoms.